The molecule has 10 heteroatoms. The first kappa shape index (κ1) is 23.0. The number of ether oxygens (including phenoxy) is 1. The molecular weight excluding hydrogens is 462 g/mol. The zero-order chi connectivity index (χ0) is 23.9. The van der Waals surface area contributed by atoms with Crippen LogP contribution >= 0.6 is 11.3 Å². The summed E-state index contributed by atoms with van der Waals surface area (Å²) in [4.78, 5) is 24.8. The number of hydrogen-bond donors (Lipinski definition) is 2. The third-order valence-corrected chi connectivity index (χ3v) is 5.50. The molecule has 0 unspecified atom stereocenters. The Morgan fingerprint density at radius 2 is 1.47 bits per heavy atom. The molecule has 0 aliphatic carbocycles. The van der Waals surface area contributed by atoms with Gasteiger partial charge in [-0.3, -0.25) is 9.59 Å². The smallest absolute Gasteiger partial charge is 0.286 e. The van der Waals surface area contributed by atoms with Crippen molar-refractivity contribution in [2.75, 3.05) is 5.32 Å². The van der Waals surface area contributed by atoms with E-state index in [0.29, 0.717) is 22.0 Å². The maximum absolute atomic E-state index is 13.0. The molecule has 0 radical (unpaired) electrons. The molecular formula is C24H18F2N4O3S. The maximum atomic E-state index is 13.0. The van der Waals surface area contributed by atoms with Crippen LogP contribution in [-0.2, 0) is 13.2 Å². The van der Waals surface area contributed by atoms with E-state index in [1.54, 1.807) is 36.4 Å². The largest absolute Gasteiger partial charge is 0.486 e. The highest BCUT2D eigenvalue weighted by Crippen LogP contribution is 2.17. The fourth-order valence-electron chi connectivity index (χ4n) is 2.86. The minimum atomic E-state index is -0.445. The molecule has 4 aromatic rings. The van der Waals surface area contributed by atoms with Crippen molar-refractivity contribution in [1.82, 2.24) is 15.5 Å². The fraction of sp³-hybridized carbons (Fsp3) is 0.0833. The van der Waals surface area contributed by atoms with Crippen molar-refractivity contribution in [3.63, 3.8) is 0 Å². The van der Waals surface area contributed by atoms with Gasteiger partial charge in [0.15, 0.2) is 5.01 Å². The second-order valence-corrected chi connectivity index (χ2v) is 8.15. The summed E-state index contributed by atoms with van der Waals surface area (Å²) in [6.07, 6.45) is 0. The van der Waals surface area contributed by atoms with Crippen molar-refractivity contribution in [2.45, 2.75) is 13.2 Å². The summed E-state index contributed by atoms with van der Waals surface area (Å²) in [5, 5.41) is 13.9. The summed E-state index contributed by atoms with van der Waals surface area (Å²) < 4.78 is 31.4. The van der Waals surface area contributed by atoms with Crippen LogP contribution < -0.4 is 15.4 Å². The zero-order valence-electron chi connectivity index (χ0n) is 17.6. The lowest BCUT2D eigenvalue weighted by molar-refractivity contribution is 0.0950. The van der Waals surface area contributed by atoms with E-state index in [1.165, 1.54) is 36.4 Å². The molecule has 0 atom stereocenters. The zero-order valence-corrected chi connectivity index (χ0v) is 18.4. The molecule has 1 aromatic heterocycles. The van der Waals surface area contributed by atoms with Crippen LogP contribution in [0.1, 0.15) is 30.7 Å². The van der Waals surface area contributed by atoms with Crippen molar-refractivity contribution < 1.29 is 23.1 Å². The lowest BCUT2D eigenvalue weighted by atomic mass is 10.1. The van der Waals surface area contributed by atoms with Crippen LogP contribution in [0.2, 0.25) is 0 Å². The first-order valence-electron chi connectivity index (χ1n) is 10.1. The Bertz CT molecular complexity index is 1280. The Balaban J connectivity index is 1.28. The molecule has 2 amide bonds. The average molecular weight is 480 g/mol. The molecule has 2 N–H and O–H groups in total. The first-order valence-corrected chi connectivity index (χ1v) is 10.9. The number of aromatic nitrogens is 2. The Morgan fingerprint density at radius 1 is 0.824 bits per heavy atom. The number of hydrogen-bond acceptors (Lipinski definition) is 6. The fourth-order valence-corrected chi connectivity index (χ4v) is 3.50. The Hall–Kier alpha value is -4.18. The molecule has 0 aliphatic heterocycles. The van der Waals surface area contributed by atoms with Gasteiger partial charge in [-0.1, -0.05) is 23.5 Å². The van der Waals surface area contributed by atoms with Crippen molar-refractivity contribution in [2.24, 2.45) is 0 Å². The number of rotatable bonds is 8. The standard InChI is InChI=1S/C24H18F2N4O3S/c25-17-5-1-15(2-6-17)13-27-22(31)16-3-9-19(10-4-16)28-23(32)24-30-29-21(34-24)14-33-20-11-7-18(26)8-12-20/h1-12H,13-14H2,(H,27,31)(H,28,32). The van der Waals surface area contributed by atoms with Gasteiger partial charge < -0.3 is 15.4 Å². The van der Waals surface area contributed by atoms with Crippen LogP contribution in [0, 0.1) is 11.6 Å². The third-order valence-electron chi connectivity index (χ3n) is 4.61. The number of carbonyl (C=O) groups excluding carboxylic acids is 2. The van der Waals surface area contributed by atoms with Gasteiger partial charge in [0.25, 0.3) is 11.8 Å². The van der Waals surface area contributed by atoms with E-state index < -0.39 is 5.91 Å². The molecule has 34 heavy (non-hydrogen) atoms. The van der Waals surface area contributed by atoms with Crippen LogP contribution in [0.15, 0.2) is 72.8 Å². The Kier molecular flexibility index (Phi) is 7.19. The van der Waals surface area contributed by atoms with Gasteiger partial charge in [0, 0.05) is 17.8 Å². The molecule has 7 nitrogen and oxygen atoms in total. The quantitative estimate of drug-likeness (QED) is 0.385. The maximum Gasteiger partial charge on any atom is 0.286 e. The molecule has 1 heterocycles. The van der Waals surface area contributed by atoms with E-state index in [0.717, 1.165) is 16.9 Å². The summed E-state index contributed by atoms with van der Waals surface area (Å²) in [6.45, 7) is 0.361. The van der Waals surface area contributed by atoms with Gasteiger partial charge in [0.2, 0.25) is 5.01 Å². The van der Waals surface area contributed by atoms with Gasteiger partial charge in [0.05, 0.1) is 0 Å². The van der Waals surface area contributed by atoms with Crippen LogP contribution in [-0.4, -0.2) is 22.0 Å². The van der Waals surface area contributed by atoms with Crippen molar-refractivity contribution in [3.05, 3.63) is 106 Å². The topological polar surface area (TPSA) is 93.2 Å². The van der Waals surface area contributed by atoms with Crippen LogP contribution in [0.25, 0.3) is 0 Å². The van der Waals surface area contributed by atoms with Crippen LogP contribution in [0.3, 0.4) is 0 Å². The van der Waals surface area contributed by atoms with Crippen LogP contribution in [0.5, 0.6) is 5.75 Å². The number of carbonyl (C=O) groups is 2. The molecule has 3 aromatic carbocycles. The molecule has 0 saturated carbocycles. The highest BCUT2D eigenvalue weighted by Gasteiger charge is 2.14. The molecule has 0 aliphatic rings. The second kappa shape index (κ2) is 10.6. The lowest BCUT2D eigenvalue weighted by Gasteiger charge is -2.07. The highest BCUT2D eigenvalue weighted by molar-refractivity contribution is 7.13. The normalized spacial score (nSPS) is 10.5. The van der Waals surface area contributed by atoms with Crippen molar-refractivity contribution in [3.8, 4) is 5.75 Å². The summed E-state index contributed by atoms with van der Waals surface area (Å²) in [7, 11) is 0. The summed E-state index contributed by atoms with van der Waals surface area (Å²) in [5.74, 6) is -0.961. The van der Waals surface area contributed by atoms with Gasteiger partial charge in [-0.2, -0.15) is 0 Å². The molecule has 4 rings (SSSR count). The van der Waals surface area contributed by atoms with E-state index in [-0.39, 0.29) is 35.7 Å². The molecule has 0 fully saturated rings. The van der Waals surface area contributed by atoms with Gasteiger partial charge in [-0.25, -0.2) is 8.78 Å². The number of amides is 2. The van der Waals surface area contributed by atoms with Gasteiger partial charge >= 0.3 is 0 Å². The lowest BCUT2D eigenvalue weighted by Crippen LogP contribution is -2.22. The van der Waals surface area contributed by atoms with E-state index in [4.69, 9.17) is 4.74 Å². The second-order valence-electron chi connectivity index (χ2n) is 7.08. The molecule has 172 valence electrons. The highest BCUT2D eigenvalue weighted by atomic mass is 32.1. The molecule has 0 saturated heterocycles. The Morgan fingerprint density at radius 3 is 2.15 bits per heavy atom. The van der Waals surface area contributed by atoms with E-state index >= 15 is 0 Å². The monoisotopic (exact) mass is 480 g/mol. The molecule has 0 spiro atoms. The summed E-state index contributed by atoms with van der Waals surface area (Å²) in [6, 6.07) is 17.8. The Labute approximate surface area is 197 Å². The van der Waals surface area contributed by atoms with Gasteiger partial charge in [-0.05, 0) is 66.2 Å². The SMILES string of the molecule is O=C(NCc1ccc(F)cc1)c1ccc(NC(=O)c2nnc(COc3ccc(F)cc3)s2)cc1. The summed E-state index contributed by atoms with van der Waals surface area (Å²) in [5.41, 5.74) is 1.67. The molecule has 0 bridgehead atoms. The number of nitrogens with zero attached hydrogens (tertiary/aromatic N) is 2. The average Bonchev–Trinajstić information content (AvgIpc) is 3.33. The number of nitrogens with one attached hydrogen (secondary N) is 2. The van der Waals surface area contributed by atoms with Crippen LogP contribution in [0.4, 0.5) is 14.5 Å². The van der Waals surface area contributed by atoms with Crippen molar-refractivity contribution >= 4 is 28.8 Å². The van der Waals surface area contributed by atoms with Gasteiger partial charge in [0.1, 0.15) is 24.0 Å². The predicted molar refractivity (Wildman–Crippen MR) is 123 cm³/mol. The minimum absolute atomic E-state index is 0.0955. The minimum Gasteiger partial charge on any atom is -0.486 e. The number of benzene rings is 3. The van der Waals surface area contributed by atoms with Crippen molar-refractivity contribution in [1.29, 1.82) is 0 Å². The van der Waals surface area contributed by atoms with E-state index in [9.17, 15) is 18.4 Å². The third kappa shape index (κ3) is 6.20. The number of halogens is 2. The van der Waals surface area contributed by atoms with Gasteiger partial charge in [-0.15, -0.1) is 10.2 Å². The summed E-state index contributed by atoms with van der Waals surface area (Å²) >= 11 is 1.08. The number of anilines is 1. The van der Waals surface area contributed by atoms with E-state index in [1.807, 2.05) is 0 Å². The predicted octanol–water partition coefficient (Wildman–Crippen LogP) is 4.58. The first-order chi connectivity index (χ1) is 16.5. The van der Waals surface area contributed by atoms with E-state index in [2.05, 4.69) is 20.8 Å².